The first-order valence-corrected chi connectivity index (χ1v) is 4.57. The van der Waals surface area contributed by atoms with Crippen LogP contribution in [0, 0.1) is 5.92 Å². The van der Waals surface area contributed by atoms with Crippen molar-refractivity contribution >= 4 is 22.9 Å². The third-order valence-corrected chi connectivity index (χ3v) is 2.07. The monoisotopic (exact) mass is 172 g/mol. The summed E-state index contributed by atoms with van der Waals surface area (Å²) < 4.78 is 0. The summed E-state index contributed by atoms with van der Waals surface area (Å²) >= 11 is 4.99. The van der Waals surface area contributed by atoms with Crippen molar-refractivity contribution in [3.63, 3.8) is 0 Å². The standard InChI is InChI=1S/C9H16OS/c1-4-6-9(10)8(5-2)7(3)11/h8H,4-6H2,1-3H3. The maximum Gasteiger partial charge on any atom is 0.140 e. The second kappa shape index (κ2) is 5.42. The highest BCUT2D eigenvalue weighted by Gasteiger charge is 2.16. The van der Waals surface area contributed by atoms with E-state index in [9.17, 15) is 4.79 Å². The van der Waals surface area contributed by atoms with Crippen LogP contribution >= 0.6 is 12.2 Å². The molecule has 0 amide bonds. The zero-order chi connectivity index (χ0) is 8.85. The van der Waals surface area contributed by atoms with Crippen molar-refractivity contribution in [2.75, 3.05) is 0 Å². The lowest BCUT2D eigenvalue weighted by molar-refractivity contribution is -0.121. The van der Waals surface area contributed by atoms with Crippen molar-refractivity contribution in [1.82, 2.24) is 0 Å². The maximum atomic E-state index is 11.3. The van der Waals surface area contributed by atoms with Gasteiger partial charge in [0.2, 0.25) is 0 Å². The van der Waals surface area contributed by atoms with Gasteiger partial charge in [0.1, 0.15) is 5.78 Å². The molecule has 64 valence electrons. The molecule has 0 saturated carbocycles. The largest absolute Gasteiger partial charge is 0.299 e. The Morgan fingerprint density at radius 2 is 2.00 bits per heavy atom. The second-order valence-electron chi connectivity index (χ2n) is 2.79. The Balaban J connectivity index is 4.03. The number of hydrogen-bond donors (Lipinski definition) is 0. The molecule has 0 N–H and O–H groups in total. The Bertz CT molecular complexity index is 152. The fourth-order valence-electron chi connectivity index (χ4n) is 1.16. The molecular weight excluding hydrogens is 156 g/mol. The van der Waals surface area contributed by atoms with Crippen molar-refractivity contribution in [2.24, 2.45) is 5.92 Å². The van der Waals surface area contributed by atoms with Crippen molar-refractivity contribution in [1.29, 1.82) is 0 Å². The number of Topliss-reactive ketones (excluding diaryl/α,β-unsaturated/α-hetero) is 1. The Labute approximate surface area is 74.2 Å². The topological polar surface area (TPSA) is 17.1 Å². The molecule has 0 aliphatic heterocycles. The fourth-order valence-corrected chi connectivity index (χ4v) is 1.46. The highest BCUT2D eigenvalue weighted by atomic mass is 32.1. The van der Waals surface area contributed by atoms with Crippen LogP contribution in [0.15, 0.2) is 0 Å². The molecule has 0 fully saturated rings. The second-order valence-corrected chi connectivity index (χ2v) is 3.43. The van der Waals surface area contributed by atoms with Gasteiger partial charge in [-0.2, -0.15) is 0 Å². The molecule has 0 aliphatic rings. The highest BCUT2D eigenvalue weighted by molar-refractivity contribution is 7.80. The van der Waals surface area contributed by atoms with E-state index < -0.39 is 0 Å². The van der Waals surface area contributed by atoms with Gasteiger partial charge >= 0.3 is 0 Å². The van der Waals surface area contributed by atoms with Crippen LogP contribution in [-0.4, -0.2) is 10.6 Å². The Morgan fingerprint density at radius 3 is 2.27 bits per heavy atom. The third kappa shape index (κ3) is 3.61. The molecule has 11 heavy (non-hydrogen) atoms. The molecule has 0 rings (SSSR count). The molecule has 0 aromatic carbocycles. The van der Waals surface area contributed by atoms with Crippen LogP contribution in [0.25, 0.3) is 0 Å². The number of rotatable bonds is 5. The summed E-state index contributed by atoms with van der Waals surface area (Å²) in [5, 5.41) is 0. The van der Waals surface area contributed by atoms with Gasteiger partial charge in [-0.3, -0.25) is 4.79 Å². The van der Waals surface area contributed by atoms with E-state index in [-0.39, 0.29) is 5.92 Å². The van der Waals surface area contributed by atoms with E-state index in [4.69, 9.17) is 12.2 Å². The molecule has 0 bridgehead atoms. The summed E-state index contributed by atoms with van der Waals surface area (Å²) in [7, 11) is 0. The van der Waals surface area contributed by atoms with Crippen molar-refractivity contribution < 1.29 is 4.79 Å². The summed E-state index contributed by atoms with van der Waals surface area (Å²) in [6.07, 6.45) is 2.46. The molecule has 0 heterocycles. The molecule has 1 nitrogen and oxygen atoms in total. The molecule has 1 atom stereocenters. The van der Waals surface area contributed by atoms with Gasteiger partial charge in [-0.25, -0.2) is 0 Å². The van der Waals surface area contributed by atoms with Gasteiger partial charge in [0, 0.05) is 17.2 Å². The minimum Gasteiger partial charge on any atom is -0.299 e. The molecule has 0 aromatic heterocycles. The zero-order valence-corrected chi connectivity index (χ0v) is 8.33. The van der Waals surface area contributed by atoms with Crippen LogP contribution in [0.3, 0.4) is 0 Å². The summed E-state index contributed by atoms with van der Waals surface area (Å²) in [5.41, 5.74) is 0. The minimum absolute atomic E-state index is 0.0324. The fraction of sp³-hybridized carbons (Fsp3) is 0.778. The first-order chi connectivity index (χ1) is 5.13. The first-order valence-electron chi connectivity index (χ1n) is 4.16. The van der Waals surface area contributed by atoms with Crippen LogP contribution in [0.5, 0.6) is 0 Å². The summed E-state index contributed by atoms with van der Waals surface area (Å²) in [4.78, 5) is 12.2. The lowest BCUT2D eigenvalue weighted by Gasteiger charge is -2.10. The SMILES string of the molecule is CCCC(=O)C(CC)C(C)=S. The molecule has 2 heteroatoms. The predicted octanol–water partition coefficient (Wildman–Crippen LogP) is 2.77. The van der Waals surface area contributed by atoms with Crippen LogP contribution in [0.2, 0.25) is 0 Å². The van der Waals surface area contributed by atoms with Gasteiger partial charge in [-0.15, -0.1) is 0 Å². The molecule has 0 spiro atoms. The van der Waals surface area contributed by atoms with E-state index in [1.165, 1.54) is 0 Å². The smallest absolute Gasteiger partial charge is 0.140 e. The Kier molecular flexibility index (Phi) is 5.30. The molecule has 0 aromatic rings. The average molecular weight is 172 g/mol. The first kappa shape index (κ1) is 10.8. The molecule has 0 saturated heterocycles. The van der Waals surface area contributed by atoms with Crippen LogP contribution in [0.4, 0.5) is 0 Å². The van der Waals surface area contributed by atoms with E-state index in [1.54, 1.807) is 0 Å². The number of hydrogen-bond acceptors (Lipinski definition) is 2. The summed E-state index contributed by atoms with van der Waals surface area (Å²) in [6, 6.07) is 0. The molecule has 0 radical (unpaired) electrons. The molecule has 0 aliphatic carbocycles. The number of thiocarbonyl (C=S) groups is 1. The van der Waals surface area contributed by atoms with E-state index in [0.717, 1.165) is 17.7 Å². The lowest BCUT2D eigenvalue weighted by Crippen LogP contribution is -2.19. The number of carbonyl (C=O) groups excluding carboxylic acids is 1. The zero-order valence-electron chi connectivity index (χ0n) is 7.52. The number of carbonyl (C=O) groups is 1. The van der Waals surface area contributed by atoms with Gasteiger partial charge in [-0.05, 0) is 19.8 Å². The average Bonchev–Trinajstić information content (AvgIpc) is 1.88. The maximum absolute atomic E-state index is 11.3. The number of ketones is 1. The minimum atomic E-state index is 0.0324. The predicted molar refractivity (Wildman–Crippen MR) is 52.0 cm³/mol. The highest BCUT2D eigenvalue weighted by Crippen LogP contribution is 2.10. The van der Waals surface area contributed by atoms with Gasteiger partial charge in [-0.1, -0.05) is 26.1 Å². The van der Waals surface area contributed by atoms with Gasteiger partial charge < -0.3 is 0 Å². The van der Waals surface area contributed by atoms with E-state index in [1.807, 2.05) is 20.8 Å². The summed E-state index contributed by atoms with van der Waals surface area (Å²) in [6.45, 7) is 5.88. The van der Waals surface area contributed by atoms with Crippen LogP contribution < -0.4 is 0 Å². The van der Waals surface area contributed by atoms with Crippen LogP contribution in [0.1, 0.15) is 40.0 Å². The quantitative estimate of drug-likeness (QED) is 0.593. The summed E-state index contributed by atoms with van der Waals surface area (Å²) in [5.74, 6) is 0.340. The van der Waals surface area contributed by atoms with E-state index >= 15 is 0 Å². The lowest BCUT2D eigenvalue weighted by atomic mass is 9.95. The normalized spacial score (nSPS) is 12.6. The van der Waals surface area contributed by atoms with Gasteiger partial charge in [0.05, 0.1) is 0 Å². The molecule has 1 unspecified atom stereocenters. The van der Waals surface area contributed by atoms with E-state index in [0.29, 0.717) is 12.2 Å². The van der Waals surface area contributed by atoms with Gasteiger partial charge in [0.25, 0.3) is 0 Å². The van der Waals surface area contributed by atoms with Crippen molar-refractivity contribution in [3.8, 4) is 0 Å². The van der Waals surface area contributed by atoms with Crippen molar-refractivity contribution in [3.05, 3.63) is 0 Å². The Morgan fingerprint density at radius 1 is 1.45 bits per heavy atom. The Hall–Kier alpha value is -0.240. The van der Waals surface area contributed by atoms with Gasteiger partial charge in [0.15, 0.2) is 0 Å². The third-order valence-electron chi connectivity index (χ3n) is 1.78. The van der Waals surface area contributed by atoms with E-state index in [2.05, 4.69) is 0 Å². The van der Waals surface area contributed by atoms with Crippen molar-refractivity contribution in [2.45, 2.75) is 40.0 Å². The molecular formula is C9H16OS. The van der Waals surface area contributed by atoms with Crippen LogP contribution in [-0.2, 0) is 4.79 Å².